The number of hydrogen-bond donors (Lipinski definition) is 0. The molecular formula is C17H21NO3. The summed E-state index contributed by atoms with van der Waals surface area (Å²) in [4.78, 5) is 11.7. The maximum atomic E-state index is 11.7. The molecule has 0 aliphatic carbocycles. The Morgan fingerprint density at radius 3 is 2.57 bits per heavy atom. The van der Waals surface area contributed by atoms with Gasteiger partial charge in [0.25, 0.3) is 0 Å². The van der Waals surface area contributed by atoms with Gasteiger partial charge in [-0.15, -0.1) is 0 Å². The Kier molecular flexibility index (Phi) is 7.03. The third kappa shape index (κ3) is 6.13. The van der Waals surface area contributed by atoms with E-state index in [2.05, 4.69) is 0 Å². The Bertz CT molecular complexity index is 514. The second kappa shape index (κ2) is 8.80. The molecule has 0 saturated carbocycles. The van der Waals surface area contributed by atoms with Crippen LogP contribution in [0.4, 0.5) is 0 Å². The highest BCUT2D eigenvalue weighted by Crippen LogP contribution is 2.14. The number of esters is 1. The zero-order valence-corrected chi connectivity index (χ0v) is 12.7. The van der Waals surface area contributed by atoms with Gasteiger partial charge >= 0.3 is 5.97 Å². The van der Waals surface area contributed by atoms with Gasteiger partial charge in [-0.2, -0.15) is 5.26 Å². The van der Waals surface area contributed by atoms with Gasteiger partial charge in [-0.1, -0.05) is 32.4 Å². The van der Waals surface area contributed by atoms with Crippen molar-refractivity contribution in [3.63, 3.8) is 0 Å². The molecule has 0 amide bonds. The first-order chi connectivity index (χ1) is 10.1. The summed E-state index contributed by atoms with van der Waals surface area (Å²) in [5, 5.41) is 9.00. The van der Waals surface area contributed by atoms with Crippen molar-refractivity contribution in [3.8, 4) is 11.8 Å². The van der Waals surface area contributed by atoms with Crippen molar-refractivity contribution in [1.29, 1.82) is 5.26 Å². The fraction of sp³-hybridized carbons (Fsp3) is 0.412. The number of ether oxygens (including phenoxy) is 2. The van der Waals surface area contributed by atoms with E-state index < -0.39 is 12.1 Å². The lowest BCUT2D eigenvalue weighted by molar-refractivity contribution is -0.141. The molecule has 0 radical (unpaired) electrons. The molecule has 0 spiro atoms. The van der Waals surface area contributed by atoms with Crippen LogP contribution in [0.15, 0.2) is 30.3 Å². The Balaban J connectivity index is 2.55. The number of hydrogen-bond acceptors (Lipinski definition) is 4. The molecule has 0 heterocycles. The Morgan fingerprint density at radius 2 is 2.05 bits per heavy atom. The van der Waals surface area contributed by atoms with Gasteiger partial charge in [-0.25, -0.2) is 4.79 Å². The first kappa shape index (κ1) is 16.8. The maximum Gasteiger partial charge on any atom is 0.332 e. The molecule has 0 aliphatic heterocycles. The molecule has 0 aliphatic rings. The van der Waals surface area contributed by atoms with Gasteiger partial charge in [0.15, 0.2) is 6.10 Å². The SMILES string of the molecule is CCC(C)CC(C#N)OC(=O)C=Cc1ccc(OC)cc1. The molecule has 0 saturated heterocycles. The van der Waals surface area contributed by atoms with Crippen LogP contribution < -0.4 is 4.74 Å². The average Bonchev–Trinajstić information content (AvgIpc) is 2.52. The van der Waals surface area contributed by atoms with Gasteiger partial charge in [0.2, 0.25) is 0 Å². The lowest BCUT2D eigenvalue weighted by Crippen LogP contribution is -2.17. The van der Waals surface area contributed by atoms with Crippen molar-refractivity contribution in [2.75, 3.05) is 7.11 Å². The van der Waals surface area contributed by atoms with E-state index in [1.807, 2.05) is 44.2 Å². The summed E-state index contributed by atoms with van der Waals surface area (Å²) in [5.41, 5.74) is 0.864. The van der Waals surface area contributed by atoms with E-state index in [9.17, 15) is 4.79 Å². The Morgan fingerprint density at radius 1 is 1.38 bits per heavy atom. The molecule has 2 atom stereocenters. The molecule has 2 unspecified atom stereocenters. The van der Waals surface area contributed by atoms with E-state index in [1.54, 1.807) is 13.2 Å². The summed E-state index contributed by atoms with van der Waals surface area (Å²) >= 11 is 0. The van der Waals surface area contributed by atoms with E-state index in [4.69, 9.17) is 14.7 Å². The third-order valence-corrected chi connectivity index (χ3v) is 3.24. The van der Waals surface area contributed by atoms with Gasteiger partial charge in [0.1, 0.15) is 11.8 Å². The number of carbonyl (C=O) groups is 1. The highest BCUT2D eigenvalue weighted by Gasteiger charge is 2.14. The molecule has 4 heteroatoms. The summed E-state index contributed by atoms with van der Waals surface area (Å²) < 4.78 is 10.2. The molecule has 0 aromatic heterocycles. The highest BCUT2D eigenvalue weighted by atomic mass is 16.5. The monoisotopic (exact) mass is 287 g/mol. The van der Waals surface area contributed by atoms with E-state index in [0.717, 1.165) is 17.7 Å². The van der Waals surface area contributed by atoms with Gasteiger partial charge in [-0.05, 0) is 29.7 Å². The van der Waals surface area contributed by atoms with Gasteiger partial charge < -0.3 is 9.47 Å². The van der Waals surface area contributed by atoms with E-state index in [0.29, 0.717) is 12.3 Å². The second-order valence-corrected chi connectivity index (χ2v) is 4.91. The van der Waals surface area contributed by atoms with Crippen LogP contribution in [-0.4, -0.2) is 19.2 Å². The minimum atomic E-state index is -0.687. The molecule has 112 valence electrons. The zero-order chi connectivity index (χ0) is 15.7. The van der Waals surface area contributed by atoms with E-state index in [-0.39, 0.29) is 0 Å². The quantitative estimate of drug-likeness (QED) is 0.568. The van der Waals surface area contributed by atoms with Crippen LogP contribution in [0.2, 0.25) is 0 Å². The molecule has 4 nitrogen and oxygen atoms in total. The van der Waals surface area contributed by atoms with Gasteiger partial charge in [0, 0.05) is 12.5 Å². The van der Waals surface area contributed by atoms with Crippen molar-refractivity contribution in [1.82, 2.24) is 0 Å². The van der Waals surface area contributed by atoms with Crippen LogP contribution in [0.25, 0.3) is 6.08 Å². The number of nitrogens with zero attached hydrogens (tertiary/aromatic N) is 1. The van der Waals surface area contributed by atoms with Crippen molar-refractivity contribution in [2.45, 2.75) is 32.8 Å². The molecule has 0 bridgehead atoms. The highest BCUT2D eigenvalue weighted by molar-refractivity contribution is 5.87. The standard InChI is InChI=1S/C17H21NO3/c1-4-13(2)11-16(12-18)21-17(19)10-7-14-5-8-15(20-3)9-6-14/h5-10,13,16H,4,11H2,1-3H3. The number of benzene rings is 1. The van der Waals surface area contributed by atoms with Crippen molar-refractivity contribution in [2.24, 2.45) is 5.92 Å². The summed E-state index contributed by atoms with van der Waals surface area (Å²) in [5.74, 6) is 0.613. The number of methoxy groups -OCH3 is 1. The summed E-state index contributed by atoms with van der Waals surface area (Å²) in [6.07, 6.45) is 3.82. The summed E-state index contributed by atoms with van der Waals surface area (Å²) in [6, 6.07) is 9.31. The van der Waals surface area contributed by atoms with Crippen molar-refractivity contribution < 1.29 is 14.3 Å². The van der Waals surface area contributed by atoms with E-state index >= 15 is 0 Å². The maximum absolute atomic E-state index is 11.7. The van der Waals surface area contributed by atoms with Crippen molar-refractivity contribution in [3.05, 3.63) is 35.9 Å². The number of nitriles is 1. The molecule has 1 rings (SSSR count). The predicted molar refractivity (Wildman–Crippen MR) is 81.6 cm³/mol. The van der Waals surface area contributed by atoms with Gasteiger partial charge in [-0.3, -0.25) is 0 Å². The summed E-state index contributed by atoms with van der Waals surface area (Å²) in [7, 11) is 1.60. The minimum Gasteiger partial charge on any atom is -0.497 e. The third-order valence-electron chi connectivity index (χ3n) is 3.24. The lowest BCUT2D eigenvalue weighted by Gasteiger charge is -2.13. The van der Waals surface area contributed by atoms with E-state index in [1.165, 1.54) is 6.08 Å². The largest absolute Gasteiger partial charge is 0.497 e. The minimum absolute atomic E-state index is 0.355. The number of rotatable bonds is 7. The van der Waals surface area contributed by atoms with Crippen LogP contribution in [-0.2, 0) is 9.53 Å². The molecule has 1 aromatic rings. The van der Waals surface area contributed by atoms with Crippen LogP contribution in [0.1, 0.15) is 32.3 Å². The van der Waals surface area contributed by atoms with Crippen LogP contribution in [0, 0.1) is 17.2 Å². The summed E-state index contributed by atoms with van der Waals surface area (Å²) in [6.45, 7) is 4.08. The first-order valence-corrected chi connectivity index (χ1v) is 7.01. The van der Waals surface area contributed by atoms with Crippen molar-refractivity contribution >= 4 is 12.0 Å². The molecule has 21 heavy (non-hydrogen) atoms. The second-order valence-electron chi connectivity index (χ2n) is 4.91. The van der Waals surface area contributed by atoms with Crippen LogP contribution in [0.3, 0.4) is 0 Å². The Labute approximate surface area is 126 Å². The zero-order valence-electron chi connectivity index (χ0n) is 12.7. The smallest absolute Gasteiger partial charge is 0.332 e. The molecule has 0 N–H and O–H groups in total. The molecule has 1 aromatic carbocycles. The fourth-order valence-corrected chi connectivity index (χ4v) is 1.72. The number of carbonyl (C=O) groups excluding carboxylic acids is 1. The molecule has 0 fully saturated rings. The predicted octanol–water partition coefficient (Wildman–Crippen LogP) is 3.58. The molecular weight excluding hydrogens is 266 g/mol. The van der Waals surface area contributed by atoms with Crippen LogP contribution >= 0.6 is 0 Å². The lowest BCUT2D eigenvalue weighted by atomic mass is 10.0. The normalized spacial score (nSPS) is 13.4. The van der Waals surface area contributed by atoms with Gasteiger partial charge in [0.05, 0.1) is 7.11 Å². The first-order valence-electron chi connectivity index (χ1n) is 7.01. The topological polar surface area (TPSA) is 59.3 Å². The fourth-order valence-electron chi connectivity index (χ4n) is 1.72. The average molecular weight is 287 g/mol. The van der Waals surface area contributed by atoms with Crippen LogP contribution in [0.5, 0.6) is 5.75 Å². The Hall–Kier alpha value is -2.28.